The molecule has 0 unspecified atom stereocenters. The lowest BCUT2D eigenvalue weighted by Crippen LogP contribution is -1.92. The van der Waals surface area contributed by atoms with Gasteiger partial charge in [0.15, 0.2) is 0 Å². The van der Waals surface area contributed by atoms with Gasteiger partial charge in [-0.3, -0.25) is 0 Å². The highest BCUT2D eigenvalue weighted by Crippen LogP contribution is 1.81. The second kappa shape index (κ2) is 8.01. The first-order valence-electron chi connectivity index (χ1n) is 3.06. The summed E-state index contributed by atoms with van der Waals surface area (Å²) in [6.07, 6.45) is 2.12. The number of rotatable bonds is 2. The smallest absolute Gasteiger partial charge is 0.345 e. The fourth-order valence-corrected chi connectivity index (χ4v) is 0.0867. The van der Waals surface area contributed by atoms with Crippen LogP contribution in [0.2, 0.25) is 0 Å². The number of nitriles is 1. The van der Waals surface area contributed by atoms with Crippen molar-refractivity contribution in [2.24, 2.45) is 0 Å². The summed E-state index contributed by atoms with van der Waals surface area (Å²) in [6, 6.07) is 0. The van der Waals surface area contributed by atoms with E-state index in [2.05, 4.69) is 17.9 Å². The van der Waals surface area contributed by atoms with Crippen LogP contribution in [0.3, 0.4) is 0 Å². The van der Waals surface area contributed by atoms with E-state index in [1.165, 1.54) is 13.2 Å². The van der Waals surface area contributed by atoms with Crippen molar-refractivity contribution in [1.29, 1.82) is 5.26 Å². The minimum atomic E-state index is -0.935. The van der Waals surface area contributed by atoms with Crippen molar-refractivity contribution < 1.29 is 19.4 Å². The molecule has 0 aliphatic heterocycles. The van der Waals surface area contributed by atoms with Crippen LogP contribution < -0.4 is 0 Å². The van der Waals surface area contributed by atoms with Crippen molar-refractivity contribution in [1.82, 2.24) is 0 Å². The first kappa shape index (κ1) is 13.5. The molecule has 0 bridgehead atoms. The molecule has 0 heterocycles. The van der Waals surface area contributed by atoms with Gasteiger partial charge in [-0.05, 0) is 6.92 Å². The van der Waals surface area contributed by atoms with Gasteiger partial charge in [0.2, 0.25) is 0 Å². The third kappa shape index (κ3) is 13.0. The third-order valence-electron chi connectivity index (χ3n) is 0.678. The lowest BCUT2D eigenvalue weighted by atomic mass is 10.4. The molecular formula is C8H9NO4. The fourth-order valence-electron chi connectivity index (χ4n) is 0.0867. The molecule has 0 rings (SSSR count). The van der Waals surface area contributed by atoms with Gasteiger partial charge in [0, 0.05) is 11.6 Å². The van der Waals surface area contributed by atoms with Crippen LogP contribution in [0, 0.1) is 11.5 Å². The Hall–Kier alpha value is -2.09. The molecule has 13 heavy (non-hydrogen) atoms. The zero-order valence-electron chi connectivity index (χ0n) is 7.11. The maximum absolute atomic E-state index is 9.85. The highest BCUT2D eigenvalue weighted by Gasteiger charge is 1.90. The van der Waals surface area contributed by atoms with Gasteiger partial charge in [-0.15, -0.1) is 5.26 Å². The first-order chi connectivity index (χ1) is 5.95. The van der Waals surface area contributed by atoms with E-state index in [0.29, 0.717) is 0 Å². The molecule has 1 N–H and O–H groups in total. The van der Waals surface area contributed by atoms with Gasteiger partial charge in [0.25, 0.3) is 6.26 Å². The Bertz CT molecular complexity index is 250. The number of carbonyl (C=O) groups is 2. The SMILES string of the molecule is C=C(C)C(=O)O.C=CC(=O)OC#N. The van der Waals surface area contributed by atoms with E-state index in [-0.39, 0.29) is 5.57 Å². The van der Waals surface area contributed by atoms with Gasteiger partial charge in [-0.25, -0.2) is 9.59 Å². The van der Waals surface area contributed by atoms with Gasteiger partial charge in [-0.2, -0.15) is 0 Å². The summed E-state index contributed by atoms with van der Waals surface area (Å²) in [5, 5.41) is 15.5. The van der Waals surface area contributed by atoms with Crippen LogP contribution in [0.25, 0.3) is 0 Å². The average Bonchev–Trinajstić information content (AvgIpc) is 2.05. The fraction of sp³-hybridized carbons (Fsp3) is 0.125. The molecule has 0 saturated carbocycles. The number of ether oxygens (including phenoxy) is 1. The Morgan fingerprint density at radius 3 is 2.08 bits per heavy atom. The number of carboxylic acids is 1. The molecule has 5 nitrogen and oxygen atoms in total. The summed E-state index contributed by atoms with van der Waals surface area (Å²) in [6.45, 7) is 7.66. The van der Waals surface area contributed by atoms with Gasteiger partial charge in [-0.1, -0.05) is 13.2 Å². The third-order valence-corrected chi connectivity index (χ3v) is 0.678. The first-order valence-corrected chi connectivity index (χ1v) is 3.06. The maximum Gasteiger partial charge on any atom is 0.345 e. The van der Waals surface area contributed by atoms with Crippen molar-refractivity contribution in [3.63, 3.8) is 0 Å². The Balaban J connectivity index is 0. The quantitative estimate of drug-likeness (QED) is 0.389. The van der Waals surface area contributed by atoms with Crippen LogP contribution in [-0.2, 0) is 14.3 Å². The average molecular weight is 183 g/mol. The zero-order valence-corrected chi connectivity index (χ0v) is 7.11. The van der Waals surface area contributed by atoms with E-state index >= 15 is 0 Å². The zero-order chi connectivity index (χ0) is 10.9. The lowest BCUT2D eigenvalue weighted by molar-refractivity contribution is -0.133. The highest BCUT2D eigenvalue weighted by atomic mass is 16.5. The van der Waals surface area contributed by atoms with Gasteiger partial charge in [0.1, 0.15) is 0 Å². The number of nitrogens with zero attached hydrogens (tertiary/aromatic N) is 1. The highest BCUT2D eigenvalue weighted by molar-refractivity contribution is 5.84. The Labute approximate surface area is 75.5 Å². The van der Waals surface area contributed by atoms with Gasteiger partial charge in [0.05, 0.1) is 0 Å². The second-order valence-corrected chi connectivity index (χ2v) is 1.80. The Morgan fingerprint density at radius 1 is 1.62 bits per heavy atom. The summed E-state index contributed by atoms with van der Waals surface area (Å²) in [5.74, 6) is -1.66. The predicted octanol–water partition coefficient (Wildman–Crippen LogP) is 0.844. The minimum absolute atomic E-state index is 0.176. The predicted molar refractivity (Wildman–Crippen MR) is 44.4 cm³/mol. The minimum Gasteiger partial charge on any atom is -0.478 e. The lowest BCUT2D eigenvalue weighted by Gasteiger charge is -1.79. The Kier molecular flexibility index (Phi) is 8.32. The molecule has 0 aliphatic carbocycles. The normalized spacial score (nSPS) is 6.77. The molecule has 0 radical (unpaired) electrons. The van der Waals surface area contributed by atoms with Crippen molar-refractivity contribution in [2.45, 2.75) is 6.92 Å². The summed E-state index contributed by atoms with van der Waals surface area (Å²) in [5.41, 5.74) is 0.176. The number of carboxylic acid groups (broad SMARTS) is 1. The molecular weight excluding hydrogens is 174 g/mol. The monoisotopic (exact) mass is 183 g/mol. The number of hydrogen-bond donors (Lipinski definition) is 1. The molecule has 0 aromatic carbocycles. The van der Waals surface area contributed by atoms with E-state index in [1.54, 1.807) is 0 Å². The van der Waals surface area contributed by atoms with Gasteiger partial charge >= 0.3 is 11.9 Å². The molecule has 0 aliphatic rings. The second-order valence-electron chi connectivity index (χ2n) is 1.80. The molecule has 0 amide bonds. The van der Waals surface area contributed by atoms with Crippen molar-refractivity contribution in [2.75, 3.05) is 0 Å². The number of carbonyl (C=O) groups excluding carboxylic acids is 1. The van der Waals surface area contributed by atoms with Crippen LogP contribution in [-0.4, -0.2) is 17.0 Å². The molecule has 0 aromatic rings. The van der Waals surface area contributed by atoms with E-state index in [1.807, 2.05) is 0 Å². The molecule has 0 fully saturated rings. The van der Waals surface area contributed by atoms with E-state index in [9.17, 15) is 9.59 Å². The van der Waals surface area contributed by atoms with Crippen LogP contribution >= 0.6 is 0 Å². The Morgan fingerprint density at radius 2 is 2.00 bits per heavy atom. The summed E-state index contributed by atoms with van der Waals surface area (Å²) in [4.78, 5) is 19.4. The summed E-state index contributed by atoms with van der Waals surface area (Å²) < 4.78 is 3.74. The van der Waals surface area contributed by atoms with Crippen molar-refractivity contribution in [3.05, 3.63) is 24.8 Å². The van der Waals surface area contributed by atoms with Crippen LogP contribution in [0.15, 0.2) is 24.8 Å². The molecule has 0 saturated heterocycles. The summed E-state index contributed by atoms with van der Waals surface area (Å²) in [7, 11) is 0. The van der Waals surface area contributed by atoms with Crippen LogP contribution in [0.4, 0.5) is 0 Å². The molecule has 0 aromatic heterocycles. The van der Waals surface area contributed by atoms with E-state index in [0.717, 1.165) is 6.08 Å². The largest absolute Gasteiger partial charge is 0.478 e. The number of aliphatic carboxylic acids is 1. The topological polar surface area (TPSA) is 87.4 Å². The standard InChI is InChI=1S/C4H3NO2.C4H6O2/c1-2-4(6)7-3-5;1-3(2)4(5)6/h2H,1H2;1H2,2H3,(H,5,6). The maximum atomic E-state index is 9.85. The summed E-state index contributed by atoms with van der Waals surface area (Å²) >= 11 is 0. The van der Waals surface area contributed by atoms with Crippen molar-refractivity contribution >= 4 is 11.9 Å². The number of hydrogen-bond acceptors (Lipinski definition) is 4. The van der Waals surface area contributed by atoms with Gasteiger partial charge < -0.3 is 9.84 Å². The molecule has 0 spiro atoms. The molecule has 5 heteroatoms. The van der Waals surface area contributed by atoms with Crippen LogP contribution in [0.1, 0.15) is 6.92 Å². The van der Waals surface area contributed by atoms with E-state index < -0.39 is 11.9 Å². The molecule has 0 atom stereocenters. The number of esters is 1. The van der Waals surface area contributed by atoms with Crippen molar-refractivity contribution in [3.8, 4) is 6.26 Å². The van der Waals surface area contributed by atoms with Crippen LogP contribution in [0.5, 0.6) is 0 Å². The van der Waals surface area contributed by atoms with E-state index in [4.69, 9.17) is 10.4 Å². The molecule has 70 valence electrons.